The Kier molecular flexibility index (Phi) is 6.25. The van der Waals surface area contributed by atoms with Crippen LogP contribution < -0.4 is 20.7 Å². The van der Waals surface area contributed by atoms with Crippen molar-refractivity contribution in [1.82, 2.24) is 5.32 Å². The summed E-state index contributed by atoms with van der Waals surface area (Å²) in [4.78, 5) is 24.1. The highest BCUT2D eigenvalue weighted by Gasteiger charge is 2.16. The van der Waals surface area contributed by atoms with Crippen molar-refractivity contribution in [1.29, 1.82) is 0 Å². The van der Waals surface area contributed by atoms with Crippen molar-refractivity contribution in [3.05, 3.63) is 53.1 Å². The number of carbonyl (C=O) groups excluding carboxylic acids is 2. The normalized spacial score (nSPS) is 11.4. The van der Waals surface area contributed by atoms with E-state index in [0.717, 1.165) is 0 Å². The van der Waals surface area contributed by atoms with Gasteiger partial charge in [-0.1, -0.05) is 17.7 Å². The molecule has 0 unspecified atom stereocenters. The van der Waals surface area contributed by atoms with E-state index in [0.29, 0.717) is 27.7 Å². The van der Waals surface area contributed by atoms with Crippen molar-refractivity contribution < 1.29 is 14.3 Å². The average Bonchev–Trinajstić information content (AvgIpc) is 2.61. The van der Waals surface area contributed by atoms with E-state index in [1.54, 1.807) is 56.4 Å². The zero-order valence-electron chi connectivity index (χ0n) is 14.2. The first-order valence-electron chi connectivity index (χ1n) is 7.67. The van der Waals surface area contributed by atoms with Crippen LogP contribution in [0.3, 0.4) is 0 Å². The maximum absolute atomic E-state index is 12.4. The lowest BCUT2D eigenvalue weighted by molar-refractivity contribution is -0.116. The maximum atomic E-state index is 12.4. The van der Waals surface area contributed by atoms with Gasteiger partial charge in [0, 0.05) is 23.3 Å². The molecule has 0 bridgehead atoms. The van der Waals surface area contributed by atoms with Crippen LogP contribution in [0.15, 0.2) is 42.5 Å². The van der Waals surface area contributed by atoms with Crippen molar-refractivity contribution in [3.8, 4) is 5.75 Å². The van der Waals surface area contributed by atoms with Crippen molar-refractivity contribution in [3.63, 3.8) is 0 Å². The molecule has 0 radical (unpaired) electrons. The third kappa shape index (κ3) is 4.87. The molecule has 0 aliphatic heterocycles. The molecule has 25 heavy (non-hydrogen) atoms. The van der Waals surface area contributed by atoms with Gasteiger partial charge in [0.1, 0.15) is 11.8 Å². The van der Waals surface area contributed by atoms with Gasteiger partial charge in [0.05, 0.1) is 12.8 Å². The monoisotopic (exact) mass is 361 g/mol. The Morgan fingerprint density at radius 1 is 1.16 bits per heavy atom. The number of hydrogen-bond donors (Lipinski definition) is 3. The minimum atomic E-state index is -0.538. The number of methoxy groups -OCH3 is 1. The van der Waals surface area contributed by atoms with Crippen molar-refractivity contribution >= 4 is 34.8 Å². The summed E-state index contributed by atoms with van der Waals surface area (Å²) in [6.07, 6.45) is 0. The highest BCUT2D eigenvalue weighted by molar-refractivity contribution is 6.31. The van der Waals surface area contributed by atoms with E-state index in [4.69, 9.17) is 16.3 Å². The molecule has 0 saturated carbocycles. The molecule has 0 saturated heterocycles. The van der Waals surface area contributed by atoms with Gasteiger partial charge in [-0.25, -0.2) is 0 Å². The molecular weight excluding hydrogens is 342 g/mol. The summed E-state index contributed by atoms with van der Waals surface area (Å²) >= 11 is 5.97. The highest BCUT2D eigenvalue weighted by Crippen LogP contribution is 2.27. The third-order valence-electron chi connectivity index (χ3n) is 3.55. The van der Waals surface area contributed by atoms with E-state index in [1.165, 1.54) is 7.11 Å². The van der Waals surface area contributed by atoms with Crippen LogP contribution in [0.25, 0.3) is 0 Å². The second-order valence-corrected chi connectivity index (χ2v) is 5.80. The lowest BCUT2D eigenvalue weighted by Gasteiger charge is -2.17. The fraction of sp³-hybridized carbons (Fsp3) is 0.222. The number of rotatable bonds is 6. The Balaban J connectivity index is 2.08. The van der Waals surface area contributed by atoms with Crippen LogP contribution in [0.4, 0.5) is 11.4 Å². The van der Waals surface area contributed by atoms with E-state index in [9.17, 15) is 9.59 Å². The summed E-state index contributed by atoms with van der Waals surface area (Å²) in [5.74, 6) is 0.0712. The zero-order valence-corrected chi connectivity index (χ0v) is 15.0. The van der Waals surface area contributed by atoms with Crippen molar-refractivity contribution in [2.24, 2.45) is 0 Å². The first kappa shape index (κ1) is 18.6. The molecule has 6 nitrogen and oxygen atoms in total. The van der Waals surface area contributed by atoms with Crippen LogP contribution in [0, 0.1) is 0 Å². The predicted molar refractivity (Wildman–Crippen MR) is 99.6 cm³/mol. The molecule has 0 aliphatic carbocycles. The Labute approximate surface area is 151 Å². The summed E-state index contributed by atoms with van der Waals surface area (Å²) in [5, 5.41) is 8.91. The topological polar surface area (TPSA) is 79.5 Å². The van der Waals surface area contributed by atoms with Gasteiger partial charge in [-0.05, 0) is 43.3 Å². The molecular formula is C18H20ClN3O3. The van der Waals surface area contributed by atoms with Gasteiger partial charge in [-0.3, -0.25) is 9.59 Å². The molecule has 2 amide bonds. The van der Waals surface area contributed by atoms with Gasteiger partial charge in [0.2, 0.25) is 5.91 Å². The Morgan fingerprint density at radius 2 is 1.92 bits per heavy atom. The van der Waals surface area contributed by atoms with Gasteiger partial charge in [-0.2, -0.15) is 0 Å². The van der Waals surface area contributed by atoms with Crippen molar-refractivity contribution in [2.75, 3.05) is 24.8 Å². The molecule has 132 valence electrons. The summed E-state index contributed by atoms with van der Waals surface area (Å²) in [6.45, 7) is 1.72. The molecule has 2 aromatic carbocycles. The Bertz CT molecular complexity index is 780. The van der Waals surface area contributed by atoms with E-state index in [-0.39, 0.29) is 11.8 Å². The quantitative estimate of drug-likeness (QED) is 0.738. The van der Waals surface area contributed by atoms with Gasteiger partial charge >= 0.3 is 0 Å². The summed E-state index contributed by atoms with van der Waals surface area (Å²) in [7, 11) is 3.09. The van der Waals surface area contributed by atoms with Gasteiger partial charge in [0.25, 0.3) is 5.91 Å². The van der Waals surface area contributed by atoms with Gasteiger partial charge < -0.3 is 20.7 Å². The first-order valence-corrected chi connectivity index (χ1v) is 8.05. The predicted octanol–water partition coefficient (Wildman–Crippen LogP) is 3.15. The van der Waals surface area contributed by atoms with Gasteiger partial charge in [0.15, 0.2) is 0 Å². The number of amides is 2. The Morgan fingerprint density at radius 3 is 2.60 bits per heavy atom. The fourth-order valence-electron chi connectivity index (χ4n) is 2.23. The second kappa shape index (κ2) is 8.39. The molecule has 1 atom stereocenters. The third-order valence-corrected chi connectivity index (χ3v) is 3.78. The molecule has 0 aliphatic rings. The summed E-state index contributed by atoms with van der Waals surface area (Å²) in [5.41, 5.74) is 1.67. The second-order valence-electron chi connectivity index (χ2n) is 5.36. The standard InChI is InChI=1S/C18H20ClN3O3/c1-11(21-14-6-4-5-12(9-14)18(24)20-2)17(23)22-15-10-13(19)7-8-16(15)25-3/h4-11,21H,1-3H3,(H,20,24)(H,22,23)/t11-/m1/s1. The van der Waals surface area contributed by atoms with Crippen LogP contribution in [-0.2, 0) is 4.79 Å². The molecule has 2 rings (SSSR count). The van der Waals surface area contributed by atoms with E-state index in [1.807, 2.05) is 0 Å². The summed E-state index contributed by atoms with van der Waals surface area (Å²) in [6, 6.07) is 11.4. The lowest BCUT2D eigenvalue weighted by atomic mass is 10.1. The number of hydrogen-bond acceptors (Lipinski definition) is 4. The number of benzene rings is 2. The zero-order chi connectivity index (χ0) is 18.4. The molecule has 0 aromatic heterocycles. The number of ether oxygens (including phenoxy) is 1. The van der Waals surface area contributed by atoms with Crippen LogP contribution in [0.5, 0.6) is 5.75 Å². The number of anilines is 2. The molecule has 0 spiro atoms. The van der Waals surface area contributed by atoms with E-state index < -0.39 is 6.04 Å². The SMILES string of the molecule is CNC(=O)c1cccc(N[C@H](C)C(=O)Nc2cc(Cl)ccc2OC)c1. The largest absolute Gasteiger partial charge is 0.495 e. The van der Waals surface area contributed by atoms with Crippen LogP contribution in [0.1, 0.15) is 17.3 Å². The van der Waals surface area contributed by atoms with E-state index >= 15 is 0 Å². The average molecular weight is 362 g/mol. The van der Waals surface area contributed by atoms with Crippen LogP contribution in [0.2, 0.25) is 5.02 Å². The molecule has 0 heterocycles. The van der Waals surface area contributed by atoms with Crippen molar-refractivity contribution in [2.45, 2.75) is 13.0 Å². The lowest BCUT2D eigenvalue weighted by Crippen LogP contribution is -2.32. The minimum Gasteiger partial charge on any atom is -0.495 e. The molecule has 2 aromatic rings. The van der Waals surface area contributed by atoms with E-state index in [2.05, 4.69) is 16.0 Å². The highest BCUT2D eigenvalue weighted by atomic mass is 35.5. The molecule has 7 heteroatoms. The smallest absolute Gasteiger partial charge is 0.251 e. The first-order chi connectivity index (χ1) is 11.9. The minimum absolute atomic E-state index is 0.190. The number of nitrogens with one attached hydrogen (secondary N) is 3. The van der Waals surface area contributed by atoms with Crippen LogP contribution >= 0.6 is 11.6 Å². The maximum Gasteiger partial charge on any atom is 0.251 e. The molecule has 3 N–H and O–H groups in total. The van der Waals surface area contributed by atoms with Gasteiger partial charge in [-0.15, -0.1) is 0 Å². The summed E-state index contributed by atoms with van der Waals surface area (Å²) < 4.78 is 5.22. The molecule has 0 fully saturated rings. The fourth-order valence-corrected chi connectivity index (χ4v) is 2.40. The number of carbonyl (C=O) groups is 2. The Hall–Kier alpha value is -2.73. The number of halogens is 1. The van der Waals surface area contributed by atoms with Crippen LogP contribution in [-0.4, -0.2) is 32.0 Å².